The Balaban J connectivity index is 2.15. The number of benzene rings is 1. The summed E-state index contributed by atoms with van der Waals surface area (Å²) in [4.78, 5) is 2.33. The molecule has 0 saturated carbocycles. The van der Waals surface area contributed by atoms with Crippen molar-refractivity contribution < 1.29 is 14.2 Å². The zero-order valence-electron chi connectivity index (χ0n) is 12.3. The molecule has 21 heavy (non-hydrogen) atoms. The number of ether oxygens (including phenoxy) is 1. The molecule has 1 unspecified atom stereocenters. The molecule has 0 aliphatic carbocycles. The monoisotopic (exact) mass is 312 g/mol. The van der Waals surface area contributed by atoms with Gasteiger partial charge in [0.05, 0.1) is 18.3 Å². The molecule has 1 aromatic rings. The minimum atomic E-state index is -0.346. The van der Waals surface area contributed by atoms with E-state index in [1.165, 1.54) is 12.1 Å². The van der Waals surface area contributed by atoms with Crippen molar-refractivity contribution in [2.45, 2.75) is 32.1 Å². The van der Waals surface area contributed by atoms with Crippen molar-refractivity contribution in [3.63, 3.8) is 0 Å². The molecule has 1 aliphatic rings. The Morgan fingerprint density at radius 3 is 2.86 bits per heavy atom. The van der Waals surface area contributed by atoms with Gasteiger partial charge in [-0.3, -0.25) is 4.90 Å². The summed E-state index contributed by atoms with van der Waals surface area (Å²) in [7, 11) is 0. The molecule has 2 rings (SSSR count). The van der Waals surface area contributed by atoms with Gasteiger partial charge < -0.3 is 15.6 Å². The molecule has 1 heterocycles. The van der Waals surface area contributed by atoms with Crippen LogP contribution in [0.2, 0.25) is 0 Å². The summed E-state index contributed by atoms with van der Waals surface area (Å²) < 4.78 is 19.4. The lowest BCUT2D eigenvalue weighted by atomic mass is 10.0. The third-order valence-electron chi connectivity index (χ3n) is 3.40. The summed E-state index contributed by atoms with van der Waals surface area (Å²) in [5.41, 5.74) is 6.57. The number of aliphatic hydroxyl groups excluding tert-OH is 1. The summed E-state index contributed by atoms with van der Waals surface area (Å²) in [6.45, 7) is 5.82. The van der Waals surface area contributed by atoms with Gasteiger partial charge in [0.1, 0.15) is 10.8 Å². The minimum Gasteiger partial charge on any atom is -0.394 e. The highest BCUT2D eigenvalue weighted by molar-refractivity contribution is 7.80. The lowest BCUT2D eigenvalue weighted by Crippen LogP contribution is -2.53. The highest BCUT2D eigenvalue weighted by atomic mass is 32.1. The number of hydrogen-bond donors (Lipinski definition) is 2. The van der Waals surface area contributed by atoms with Crippen LogP contribution in [0.25, 0.3) is 0 Å². The zero-order valence-corrected chi connectivity index (χ0v) is 13.1. The van der Waals surface area contributed by atoms with Gasteiger partial charge in [0.15, 0.2) is 0 Å². The second-order valence-electron chi connectivity index (χ2n) is 6.06. The van der Waals surface area contributed by atoms with E-state index in [4.69, 9.17) is 22.7 Å². The Bertz CT molecular complexity index is 536. The van der Waals surface area contributed by atoms with Gasteiger partial charge in [-0.15, -0.1) is 0 Å². The molecule has 0 spiro atoms. The van der Waals surface area contributed by atoms with Crippen LogP contribution in [-0.2, 0) is 11.3 Å². The van der Waals surface area contributed by atoms with Crippen LogP contribution in [-0.4, -0.2) is 46.4 Å². The molecule has 0 radical (unpaired) electrons. The van der Waals surface area contributed by atoms with Crippen molar-refractivity contribution in [2.24, 2.45) is 5.73 Å². The quantitative estimate of drug-likeness (QED) is 0.824. The molecular formula is C15H21FN2O2S. The third-order valence-corrected chi connectivity index (χ3v) is 3.64. The van der Waals surface area contributed by atoms with Crippen molar-refractivity contribution in [3.05, 3.63) is 35.1 Å². The summed E-state index contributed by atoms with van der Waals surface area (Å²) in [5.74, 6) is -0.346. The van der Waals surface area contributed by atoms with E-state index in [2.05, 4.69) is 4.90 Å². The zero-order chi connectivity index (χ0) is 15.6. The van der Waals surface area contributed by atoms with Gasteiger partial charge in [0.25, 0.3) is 0 Å². The number of thiocarbonyl (C=S) groups is 1. The summed E-state index contributed by atoms with van der Waals surface area (Å²) in [5, 5.41) is 9.32. The predicted molar refractivity (Wildman–Crippen MR) is 83.6 cm³/mol. The van der Waals surface area contributed by atoms with E-state index in [1.54, 1.807) is 0 Å². The number of morpholine rings is 1. The van der Waals surface area contributed by atoms with Crippen LogP contribution in [0.4, 0.5) is 4.39 Å². The first-order chi connectivity index (χ1) is 9.79. The average Bonchev–Trinajstić information content (AvgIpc) is 2.35. The van der Waals surface area contributed by atoms with E-state index in [0.29, 0.717) is 25.2 Å². The number of nitrogens with two attached hydrogens (primary N) is 1. The van der Waals surface area contributed by atoms with Gasteiger partial charge in [0.2, 0.25) is 0 Å². The fraction of sp³-hybridized carbons (Fsp3) is 0.533. The maximum Gasteiger partial charge on any atom is 0.124 e. The van der Waals surface area contributed by atoms with Crippen LogP contribution >= 0.6 is 12.2 Å². The summed E-state index contributed by atoms with van der Waals surface area (Å²) >= 11 is 4.90. The first-order valence-electron chi connectivity index (χ1n) is 6.89. The summed E-state index contributed by atoms with van der Waals surface area (Å²) in [6.07, 6.45) is -0.225. The molecule has 0 bridgehead atoms. The van der Waals surface area contributed by atoms with Gasteiger partial charge >= 0.3 is 0 Å². The van der Waals surface area contributed by atoms with Gasteiger partial charge in [-0.1, -0.05) is 12.2 Å². The number of rotatable bonds is 4. The van der Waals surface area contributed by atoms with Crippen molar-refractivity contribution in [1.82, 2.24) is 4.90 Å². The smallest absolute Gasteiger partial charge is 0.124 e. The molecule has 1 atom stereocenters. The Morgan fingerprint density at radius 2 is 2.24 bits per heavy atom. The van der Waals surface area contributed by atoms with Gasteiger partial charge in [0, 0.05) is 25.2 Å². The summed E-state index contributed by atoms with van der Waals surface area (Å²) in [6, 6.07) is 4.63. The highest BCUT2D eigenvalue weighted by Crippen LogP contribution is 2.23. The van der Waals surface area contributed by atoms with Gasteiger partial charge in [-0.05, 0) is 37.6 Å². The Labute approximate surface area is 129 Å². The Morgan fingerprint density at radius 1 is 1.52 bits per heavy atom. The molecule has 0 amide bonds. The maximum atomic E-state index is 13.6. The highest BCUT2D eigenvalue weighted by Gasteiger charge is 2.32. The average molecular weight is 312 g/mol. The van der Waals surface area contributed by atoms with E-state index < -0.39 is 0 Å². The normalized spacial score (nSPS) is 22.2. The van der Waals surface area contributed by atoms with Crippen molar-refractivity contribution in [2.75, 3.05) is 19.7 Å². The maximum absolute atomic E-state index is 13.6. The molecule has 6 heteroatoms. The Hall–Kier alpha value is -1.08. The van der Waals surface area contributed by atoms with E-state index in [-0.39, 0.29) is 29.1 Å². The van der Waals surface area contributed by atoms with E-state index in [0.717, 1.165) is 5.56 Å². The fourth-order valence-corrected chi connectivity index (χ4v) is 2.89. The molecule has 1 saturated heterocycles. The SMILES string of the molecule is CC1(C)CN(Cc2cc(F)cc(C(N)=S)c2)CC(CO)O1. The molecule has 116 valence electrons. The largest absolute Gasteiger partial charge is 0.394 e. The van der Waals surface area contributed by atoms with E-state index in [1.807, 2.05) is 19.9 Å². The van der Waals surface area contributed by atoms with E-state index >= 15 is 0 Å². The van der Waals surface area contributed by atoms with Crippen LogP contribution < -0.4 is 5.73 Å². The van der Waals surface area contributed by atoms with Crippen LogP contribution in [0.1, 0.15) is 25.0 Å². The van der Waals surface area contributed by atoms with Crippen LogP contribution in [0.15, 0.2) is 18.2 Å². The number of hydrogen-bond acceptors (Lipinski definition) is 4. The lowest BCUT2D eigenvalue weighted by Gasteiger charge is -2.42. The molecule has 1 fully saturated rings. The molecule has 1 aromatic carbocycles. The second kappa shape index (κ2) is 6.36. The fourth-order valence-electron chi connectivity index (χ4n) is 2.77. The minimum absolute atomic E-state index is 0.0266. The van der Waals surface area contributed by atoms with Crippen molar-refractivity contribution >= 4 is 17.2 Å². The number of aliphatic hydroxyl groups is 1. The Kier molecular flexibility index (Phi) is 4.93. The number of nitrogens with zero attached hydrogens (tertiary/aromatic N) is 1. The topological polar surface area (TPSA) is 58.7 Å². The number of halogens is 1. The standard InChI is InChI=1S/C15H21FN2O2S/c1-15(2)9-18(7-13(8-19)20-15)6-10-3-11(14(17)21)5-12(16)4-10/h3-5,13,19H,6-9H2,1-2H3,(H2,17,21). The van der Waals surface area contributed by atoms with E-state index in [9.17, 15) is 9.50 Å². The molecular weight excluding hydrogens is 291 g/mol. The van der Waals surface area contributed by atoms with Crippen molar-refractivity contribution in [3.8, 4) is 0 Å². The van der Waals surface area contributed by atoms with Crippen molar-refractivity contribution in [1.29, 1.82) is 0 Å². The van der Waals surface area contributed by atoms with Crippen LogP contribution in [0.5, 0.6) is 0 Å². The van der Waals surface area contributed by atoms with Crippen LogP contribution in [0, 0.1) is 5.82 Å². The molecule has 0 aromatic heterocycles. The molecule has 3 N–H and O–H groups in total. The molecule has 4 nitrogen and oxygen atoms in total. The molecule has 1 aliphatic heterocycles. The lowest BCUT2D eigenvalue weighted by molar-refractivity contribution is -0.150. The second-order valence-corrected chi connectivity index (χ2v) is 6.50. The first kappa shape index (κ1) is 16.3. The third kappa shape index (κ3) is 4.44. The predicted octanol–water partition coefficient (Wildman–Crippen LogP) is 1.43. The van der Waals surface area contributed by atoms with Gasteiger partial charge in [-0.25, -0.2) is 4.39 Å². The first-order valence-corrected chi connectivity index (χ1v) is 7.30. The van der Waals surface area contributed by atoms with Gasteiger partial charge in [-0.2, -0.15) is 0 Å². The van der Waals surface area contributed by atoms with Crippen LogP contribution in [0.3, 0.4) is 0 Å².